The second kappa shape index (κ2) is 10.1. The van der Waals surface area contributed by atoms with E-state index in [9.17, 15) is 13.2 Å². The molecule has 1 atom stereocenters. The summed E-state index contributed by atoms with van der Waals surface area (Å²) in [5, 5.41) is 2.91. The number of sulfonamides is 1. The van der Waals surface area contributed by atoms with Gasteiger partial charge in [-0.3, -0.25) is 9.10 Å². The lowest BCUT2D eigenvalue weighted by atomic mass is 10.1. The van der Waals surface area contributed by atoms with Crippen LogP contribution in [0.25, 0.3) is 0 Å². The SMILES string of the molecule is COc1ccc(C)cc1N(CC(=O)N[C@H](C)c1ccc(C)cc1)S(=O)(=O)c1ccc(C)cc1. The van der Waals surface area contributed by atoms with E-state index in [0.717, 1.165) is 26.6 Å². The summed E-state index contributed by atoms with van der Waals surface area (Å²) < 4.78 is 33.8. The zero-order valence-corrected chi connectivity index (χ0v) is 20.4. The summed E-state index contributed by atoms with van der Waals surface area (Å²) in [7, 11) is -2.55. The normalized spacial score (nSPS) is 12.2. The molecule has 0 aliphatic carbocycles. The highest BCUT2D eigenvalue weighted by Crippen LogP contribution is 2.33. The molecule has 0 aromatic heterocycles. The molecule has 7 heteroatoms. The molecular weight excluding hydrogens is 436 g/mol. The van der Waals surface area contributed by atoms with E-state index in [1.807, 2.05) is 58.0 Å². The van der Waals surface area contributed by atoms with Gasteiger partial charge in [-0.05, 0) is 63.1 Å². The molecule has 0 spiro atoms. The highest BCUT2D eigenvalue weighted by Gasteiger charge is 2.30. The predicted molar refractivity (Wildman–Crippen MR) is 131 cm³/mol. The number of hydrogen-bond acceptors (Lipinski definition) is 4. The van der Waals surface area contributed by atoms with Crippen LogP contribution in [0.5, 0.6) is 5.75 Å². The highest BCUT2D eigenvalue weighted by atomic mass is 32.2. The average molecular weight is 467 g/mol. The van der Waals surface area contributed by atoms with Crippen molar-refractivity contribution in [1.29, 1.82) is 0 Å². The summed E-state index contributed by atoms with van der Waals surface area (Å²) in [5.74, 6) is -0.0435. The van der Waals surface area contributed by atoms with Gasteiger partial charge in [-0.1, -0.05) is 53.6 Å². The largest absolute Gasteiger partial charge is 0.495 e. The molecule has 6 nitrogen and oxygen atoms in total. The van der Waals surface area contributed by atoms with E-state index in [4.69, 9.17) is 4.74 Å². The Morgan fingerprint density at radius 3 is 2.03 bits per heavy atom. The van der Waals surface area contributed by atoms with E-state index in [1.165, 1.54) is 7.11 Å². The lowest BCUT2D eigenvalue weighted by Crippen LogP contribution is -2.41. The lowest BCUT2D eigenvalue weighted by molar-refractivity contribution is -0.120. The number of hydrogen-bond donors (Lipinski definition) is 1. The van der Waals surface area contributed by atoms with Crippen molar-refractivity contribution in [2.24, 2.45) is 0 Å². The van der Waals surface area contributed by atoms with Crippen LogP contribution < -0.4 is 14.4 Å². The minimum Gasteiger partial charge on any atom is -0.495 e. The summed E-state index contributed by atoms with van der Waals surface area (Å²) in [6.07, 6.45) is 0. The van der Waals surface area contributed by atoms with Gasteiger partial charge < -0.3 is 10.1 Å². The average Bonchev–Trinajstić information content (AvgIpc) is 2.78. The van der Waals surface area contributed by atoms with Gasteiger partial charge in [0, 0.05) is 0 Å². The molecule has 174 valence electrons. The molecule has 0 saturated carbocycles. The van der Waals surface area contributed by atoms with Crippen molar-refractivity contribution >= 4 is 21.6 Å². The van der Waals surface area contributed by atoms with Crippen molar-refractivity contribution < 1.29 is 17.9 Å². The smallest absolute Gasteiger partial charge is 0.264 e. The van der Waals surface area contributed by atoms with Crippen LogP contribution in [-0.2, 0) is 14.8 Å². The first-order valence-electron chi connectivity index (χ1n) is 10.7. The first-order chi connectivity index (χ1) is 15.6. The molecule has 3 aromatic rings. The molecule has 0 saturated heterocycles. The van der Waals surface area contributed by atoms with Gasteiger partial charge in [-0.25, -0.2) is 8.42 Å². The minimum atomic E-state index is -4.03. The molecule has 0 bridgehead atoms. The van der Waals surface area contributed by atoms with Crippen molar-refractivity contribution in [1.82, 2.24) is 5.32 Å². The van der Waals surface area contributed by atoms with Gasteiger partial charge in [0.15, 0.2) is 0 Å². The Morgan fingerprint density at radius 1 is 0.909 bits per heavy atom. The van der Waals surface area contributed by atoms with Gasteiger partial charge in [0.2, 0.25) is 5.91 Å². The molecule has 3 rings (SSSR count). The maximum atomic E-state index is 13.6. The molecule has 1 N–H and O–H groups in total. The van der Waals surface area contributed by atoms with E-state index in [1.54, 1.807) is 36.4 Å². The van der Waals surface area contributed by atoms with Gasteiger partial charge in [0.1, 0.15) is 12.3 Å². The number of ether oxygens (including phenoxy) is 1. The van der Waals surface area contributed by atoms with Crippen LogP contribution >= 0.6 is 0 Å². The predicted octanol–water partition coefficient (Wildman–Crippen LogP) is 4.69. The number of carbonyl (C=O) groups is 1. The monoisotopic (exact) mass is 466 g/mol. The highest BCUT2D eigenvalue weighted by molar-refractivity contribution is 7.92. The maximum Gasteiger partial charge on any atom is 0.264 e. The number of benzene rings is 3. The molecule has 0 aliphatic rings. The van der Waals surface area contributed by atoms with Gasteiger partial charge in [-0.2, -0.15) is 0 Å². The third-order valence-electron chi connectivity index (χ3n) is 5.45. The quantitative estimate of drug-likeness (QED) is 0.522. The Bertz CT molecular complexity index is 1220. The fourth-order valence-corrected chi connectivity index (χ4v) is 4.91. The third kappa shape index (κ3) is 5.73. The van der Waals surface area contributed by atoms with E-state index in [-0.39, 0.29) is 17.5 Å². The summed E-state index contributed by atoms with van der Waals surface area (Å²) in [5.41, 5.74) is 4.17. The summed E-state index contributed by atoms with van der Waals surface area (Å²) in [4.78, 5) is 13.1. The van der Waals surface area contributed by atoms with Crippen LogP contribution in [0.4, 0.5) is 5.69 Å². The number of methoxy groups -OCH3 is 1. The molecule has 0 fully saturated rings. The first kappa shape index (κ1) is 24.3. The number of rotatable bonds is 8. The molecule has 1 amide bonds. The van der Waals surface area contributed by atoms with Crippen LogP contribution in [0.3, 0.4) is 0 Å². The maximum absolute atomic E-state index is 13.6. The van der Waals surface area contributed by atoms with Crippen LogP contribution in [0.2, 0.25) is 0 Å². The molecule has 33 heavy (non-hydrogen) atoms. The minimum absolute atomic E-state index is 0.107. The van der Waals surface area contributed by atoms with Crippen molar-refractivity contribution in [3.05, 3.63) is 89.0 Å². The summed E-state index contributed by atoms with van der Waals surface area (Å²) in [6, 6.07) is 19.4. The summed E-state index contributed by atoms with van der Waals surface area (Å²) in [6.45, 7) is 7.23. The van der Waals surface area contributed by atoms with Crippen molar-refractivity contribution in [2.75, 3.05) is 18.0 Å². The van der Waals surface area contributed by atoms with Crippen LogP contribution in [0.15, 0.2) is 71.6 Å². The van der Waals surface area contributed by atoms with Crippen LogP contribution in [-0.4, -0.2) is 28.0 Å². The second-order valence-electron chi connectivity index (χ2n) is 8.20. The van der Waals surface area contributed by atoms with Crippen LogP contribution in [0.1, 0.15) is 35.2 Å². The number of nitrogens with zero attached hydrogens (tertiary/aromatic N) is 1. The van der Waals surface area contributed by atoms with E-state index < -0.39 is 15.9 Å². The van der Waals surface area contributed by atoms with Crippen molar-refractivity contribution in [3.8, 4) is 5.75 Å². The molecular formula is C26H30N2O4S. The second-order valence-corrected chi connectivity index (χ2v) is 10.1. The van der Waals surface area contributed by atoms with Crippen molar-refractivity contribution in [3.63, 3.8) is 0 Å². The Hall–Kier alpha value is -3.32. The standard InChI is InChI=1S/C26H30N2O4S/c1-18-6-11-22(12-7-18)21(4)27-26(29)17-28(24-16-20(3)10-15-25(24)32-5)33(30,31)23-13-8-19(2)9-14-23/h6-16,21H,17H2,1-5H3,(H,27,29)/t21-/m1/s1. The molecule has 3 aromatic carbocycles. The summed E-state index contributed by atoms with van der Waals surface area (Å²) >= 11 is 0. The van der Waals surface area contributed by atoms with Crippen molar-refractivity contribution in [2.45, 2.75) is 38.6 Å². The fourth-order valence-electron chi connectivity index (χ4n) is 3.49. The Kier molecular flexibility index (Phi) is 7.43. The van der Waals surface area contributed by atoms with Gasteiger partial charge in [0.25, 0.3) is 10.0 Å². The van der Waals surface area contributed by atoms with Gasteiger partial charge >= 0.3 is 0 Å². The molecule has 0 unspecified atom stereocenters. The third-order valence-corrected chi connectivity index (χ3v) is 7.23. The van der Waals surface area contributed by atoms with E-state index in [2.05, 4.69) is 5.32 Å². The molecule has 0 radical (unpaired) electrons. The topological polar surface area (TPSA) is 75.7 Å². The first-order valence-corrected chi connectivity index (χ1v) is 12.2. The zero-order chi connectivity index (χ0) is 24.2. The molecule has 0 aliphatic heterocycles. The lowest BCUT2D eigenvalue weighted by Gasteiger charge is -2.27. The van der Waals surface area contributed by atoms with E-state index >= 15 is 0 Å². The number of aryl methyl sites for hydroxylation is 3. The number of carbonyl (C=O) groups excluding carboxylic acids is 1. The fraction of sp³-hybridized carbons (Fsp3) is 0.269. The van der Waals surface area contributed by atoms with Crippen LogP contribution in [0, 0.1) is 20.8 Å². The van der Waals surface area contributed by atoms with E-state index in [0.29, 0.717) is 11.4 Å². The number of nitrogens with one attached hydrogen (secondary N) is 1. The zero-order valence-electron chi connectivity index (χ0n) is 19.6. The Morgan fingerprint density at radius 2 is 1.45 bits per heavy atom. The molecule has 0 heterocycles. The number of anilines is 1. The van der Waals surface area contributed by atoms with Gasteiger partial charge in [-0.15, -0.1) is 0 Å². The van der Waals surface area contributed by atoms with Gasteiger partial charge in [0.05, 0.1) is 23.7 Å². The Labute approximate surface area is 196 Å². The Balaban J connectivity index is 1.97. The number of amides is 1.